The summed E-state index contributed by atoms with van der Waals surface area (Å²) < 4.78 is 0. The van der Waals surface area contributed by atoms with Gasteiger partial charge in [0, 0.05) is 17.5 Å². The zero-order valence-electron chi connectivity index (χ0n) is 9.89. The van der Waals surface area contributed by atoms with Crippen LogP contribution in [0.1, 0.15) is 29.6 Å². The summed E-state index contributed by atoms with van der Waals surface area (Å²) in [4.78, 5) is 34.3. The SMILES string of the molecule is O=C1CCCC(Cl)=C1C(=O)c1ccccc1[N+](=O)[O-]. The number of ketones is 2. The zero-order valence-corrected chi connectivity index (χ0v) is 10.6. The maximum atomic E-state index is 12.3. The van der Waals surface area contributed by atoms with E-state index in [0.717, 1.165) is 0 Å². The maximum Gasteiger partial charge on any atom is 0.280 e. The number of Topliss-reactive ketones (excluding diaryl/α,β-unsaturated/α-hetero) is 2. The molecule has 0 unspecified atom stereocenters. The smallest absolute Gasteiger partial charge is 0.280 e. The van der Waals surface area contributed by atoms with Crippen molar-refractivity contribution in [2.45, 2.75) is 19.3 Å². The van der Waals surface area contributed by atoms with Gasteiger partial charge in [0.1, 0.15) is 5.56 Å². The van der Waals surface area contributed by atoms with Crippen molar-refractivity contribution in [2.75, 3.05) is 0 Å². The molecule has 0 saturated heterocycles. The third-order valence-corrected chi connectivity index (χ3v) is 3.30. The first kappa shape index (κ1) is 13.4. The summed E-state index contributed by atoms with van der Waals surface area (Å²) in [6.07, 6.45) is 1.30. The molecule has 6 heteroatoms. The summed E-state index contributed by atoms with van der Waals surface area (Å²) in [5.74, 6) is -1.01. The van der Waals surface area contributed by atoms with Gasteiger partial charge in [0.05, 0.1) is 10.5 Å². The number of carbonyl (C=O) groups is 2. The van der Waals surface area contributed by atoms with E-state index < -0.39 is 10.7 Å². The van der Waals surface area contributed by atoms with Crippen LogP contribution in [0.25, 0.3) is 0 Å². The molecule has 1 aliphatic rings. The van der Waals surface area contributed by atoms with Crippen LogP contribution < -0.4 is 0 Å². The minimum Gasteiger partial charge on any atom is -0.294 e. The van der Waals surface area contributed by atoms with Crippen molar-refractivity contribution in [3.05, 3.63) is 50.5 Å². The molecule has 0 bridgehead atoms. The van der Waals surface area contributed by atoms with Crippen molar-refractivity contribution < 1.29 is 14.5 Å². The van der Waals surface area contributed by atoms with Crippen LogP contribution in [-0.2, 0) is 4.79 Å². The number of halogens is 1. The Morgan fingerprint density at radius 1 is 1.26 bits per heavy atom. The van der Waals surface area contributed by atoms with Crippen LogP contribution in [0, 0.1) is 10.1 Å². The van der Waals surface area contributed by atoms with Crippen LogP contribution in [-0.4, -0.2) is 16.5 Å². The number of nitro groups is 1. The number of hydrogen-bond acceptors (Lipinski definition) is 4. The molecule has 0 heterocycles. The Morgan fingerprint density at radius 2 is 1.95 bits per heavy atom. The molecule has 1 aromatic carbocycles. The Balaban J connectivity index is 2.51. The number of benzene rings is 1. The molecule has 0 aromatic heterocycles. The summed E-state index contributed by atoms with van der Waals surface area (Å²) in [6.45, 7) is 0. The Hall–Kier alpha value is -2.01. The number of carbonyl (C=O) groups excluding carboxylic acids is 2. The predicted molar refractivity (Wildman–Crippen MR) is 69.2 cm³/mol. The lowest BCUT2D eigenvalue weighted by Crippen LogP contribution is -2.19. The lowest BCUT2D eigenvalue weighted by molar-refractivity contribution is -0.385. The van der Waals surface area contributed by atoms with E-state index in [1.807, 2.05) is 0 Å². The van der Waals surface area contributed by atoms with Crippen LogP contribution in [0.5, 0.6) is 0 Å². The fourth-order valence-electron chi connectivity index (χ4n) is 2.01. The van der Waals surface area contributed by atoms with Gasteiger partial charge in [-0.25, -0.2) is 0 Å². The molecule has 98 valence electrons. The molecule has 0 fully saturated rings. The van der Waals surface area contributed by atoms with E-state index in [0.29, 0.717) is 12.8 Å². The third-order valence-electron chi connectivity index (χ3n) is 2.92. The van der Waals surface area contributed by atoms with Crippen LogP contribution in [0.3, 0.4) is 0 Å². The van der Waals surface area contributed by atoms with Gasteiger partial charge < -0.3 is 0 Å². The molecule has 0 aliphatic heterocycles. The number of rotatable bonds is 3. The molecule has 1 aromatic rings. The molecule has 0 spiro atoms. The highest BCUT2D eigenvalue weighted by Gasteiger charge is 2.30. The number of allylic oxidation sites excluding steroid dienone is 2. The van der Waals surface area contributed by atoms with Gasteiger partial charge in [-0.3, -0.25) is 19.7 Å². The first-order valence-corrected chi connectivity index (χ1v) is 6.10. The van der Waals surface area contributed by atoms with Gasteiger partial charge >= 0.3 is 0 Å². The van der Waals surface area contributed by atoms with Gasteiger partial charge in [0.15, 0.2) is 5.78 Å². The molecular formula is C13H10ClNO4. The van der Waals surface area contributed by atoms with E-state index in [-0.39, 0.29) is 34.1 Å². The highest BCUT2D eigenvalue weighted by Crippen LogP contribution is 2.30. The Kier molecular flexibility index (Phi) is 3.76. The monoisotopic (exact) mass is 279 g/mol. The topological polar surface area (TPSA) is 77.3 Å². The van der Waals surface area contributed by atoms with Crippen molar-refractivity contribution in [1.82, 2.24) is 0 Å². The fourth-order valence-corrected chi connectivity index (χ4v) is 2.34. The zero-order chi connectivity index (χ0) is 14.0. The summed E-state index contributed by atoms with van der Waals surface area (Å²) in [5, 5.41) is 11.1. The van der Waals surface area contributed by atoms with E-state index in [4.69, 9.17) is 11.6 Å². The average molecular weight is 280 g/mol. The molecule has 0 amide bonds. The summed E-state index contributed by atoms with van der Waals surface area (Å²) >= 11 is 5.92. The van der Waals surface area contributed by atoms with E-state index in [2.05, 4.69) is 0 Å². The molecule has 0 saturated carbocycles. The van der Waals surface area contributed by atoms with Crippen LogP contribution in [0.4, 0.5) is 5.69 Å². The standard InChI is InChI=1S/C13H10ClNO4/c14-9-5-3-7-11(16)12(9)13(17)8-4-1-2-6-10(8)15(18)19/h1-2,4,6H,3,5,7H2. The van der Waals surface area contributed by atoms with E-state index >= 15 is 0 Å². The number of hydrogen-bond donors (Lipinski definition) is 0. The quantitative estimate of drug-likeness (QED) is 0.369. The maximum absolute atomic E-state index is 12.3. The van der Waals surface area contributed by atoms with Gasteiger partial charge in [-0.1, -0.05) is 23.7 Å². The average Bonchev–Trinajstić information content (AvgIpc) is 2.38. The summed E-state index contributed by atoms with van der Waals surface area (Å²) in [7, 11) is 0. The Labute approximate surface area is 114 Å². The molecule has 5 nitrogen and oxygen atoms in total. The predicted octanol–water partition coefficient (Wildman–Crippen LogP) is 3.02. The second-order valence-corrected chi connectivity index (χ2v) is 4.62. The van der Waals surface area contributed by atoms with Crippen molar-refractivity contribution in [3.63, 3.8) is 0 Å². The second kappa shape index (κ2) is 5.32. The van der Waals surface area contributed by atoms with Gasteiger partial charge in [-0.05, 0) is 18.9 Å². The highest BCUT2D eigenvalue weighted by molar-refractivity contribution is 6.39. The first-order valence-electron chi connectivity index (χ1n) is 5.72. The van der Waals surface area contributed by atoms with Crippen molar-refractivity contribution >= 4 is 28.9 Å². The molecular weight excluding hydrogens is 270 g/mol. The van der Waals surface area contributed by atoms with Crippen molar-refractivity contribution in [1.29, 1.82) is 0 Å². The fraction of sp³-hybridized carbons (Fsp3) is 0.231. The van der Waals surface area contributed by atoms with Gasteiger partial charge in [0.2, 0.25) is 5.78 Å². The van der Waals surface area contributed by atoms with Gasteiger partial charge in [-0.2, -0.15) is 0 Å². The van der Waals surface area contributed by atoms with E-state index in [1.54, 1.807) is 0 Å². The molecule has 19 heavy (non-hydrogen) atoms. The second-order valence-electron chi connectivity index (χ2n) is 4.16. The van der Waals surface area contributed by atoms with Crippen LogP contribution >= 0.6 is 11.6 Å². The largest absolute Gasteiger partial charge is 0.294 e. The normalized spacial score (nSPS) is 15.5. The number of para-hydroxylation sites is 1. The van der Waals surface area contributed by atoms with Crippen molar-refractivity contribution in [2.24, 2.45) is 0 Å². The van der Waals surface area contributed by atoms with E-state index in [1.165, 1.54) is 24.3 Å². The molecule has 0 atom stereocenters. The first-order chi connectivity index (χ1) is 9.02. The summed E-state index contributed by atoms with van der Waals surface area (Å²) in [5.41, 5.74) is -0.527. The molecule has 1 aliphatic carbocycles. The van der Waals surface area contributed by atoms with Crippen molar-refractivity contribution in [3.8, 4) is 0 Å². The van der Waals surface area contributed by atoms with Gasteiger partial charge in [0.25, 0.3) is 5.69 Å². The Bertz CT molecular complexity index is 606. The minimum atomic E-state index is -0.665. The number of nitro benzene ring substituents is 1. The molecule has 0 radical (unpaired) electrons. The highest BCUT2D eigenvalue weighted by atomic mass is 35.5. The molecule has 2 rings (SSSR count). The third kappa shape index (κ3) is 2.56. The summed E-state index contributed by atoms with van der Waals surface area (Å²) in [6, 6.07) is 5.55. The minimum absolute atomic E-state index is 0.101. The lowest BCUT2D eigenvalue weighted by Gasteiger charge is -2.13. The lowest BCUT2D eigenvalue weighted by atomic mass is 9.91. The van der Waals surface area contributed by atoms with E-state index in [9.17, 15) is 19.7 Å². The number of nitrogens with zero attached hydrogens (tertiary/aromatic N) is 1. The Morgan fingerprint density at radius 3 is 2.58 bits per heavy atom. The van der Waals surface area contributed by atoms with Crippen LogP contribution in [0.15, 0.2) is 34.9 Å². The van der Waals surface area contributed by atoms with Crippen LogP contribution in [0.2, 0.25) is 0 Å². The van der Waals surface area contributed by atoms with Gasteiger partial charge in [-0.15, -0.1) is 0 Å². The molecule has 0 N–H and O–H groups in total.